The van der Waals surface area contributed by atoms with E-state index in [1.807, 2.05) is 0 Å². The molecule has 1 heterocycles. The topological polar surface area (TPSA) is 36.9 Å². The second kappa shape index (κ2) is 12.3. The highest BCUT2D eigenvalue weighted by Gasteiger charge is 2.50. The van der Waals surface area contributed by atoms with Gasteiger partial charge in [0.15, 0.2) is 0 Å². The molecule has 0 aliphatic carbocycles. The second-order valence-electron chi connectivity index (χ2n) is 8.27. The van der Waals surface area contributed by atoms with Crippen LogP contribution in [0.3, 0.4) is 0 Å². The Bertz CT molecular complexity index is 326. The Morgan fingerprint density at radius 1 is 0.760 bits per heavy atom. The average molecular weight is 359 g/mol. The summed E-state index contributed by atoms with van der Waals surface area (Å²) in [6.07, 6.45) is 6.61. The van der Waals surface area contributed by atoms with Gasteiger partial charge in [-0.2, -0.15) is 0 Å². The fourth-order valence-corrected chi connectivity index (χ4v) is 3.12. The molecule has 4 heteroatoms. The lowest BCUT2D eigenvalue weighted by molar-refractivity contribution is -0.0874. The minimum absolute atomic E-state index is 0.0109. The van der Waals surface area contributed by atoms with E-state index in [-0.39, 0.29) is 29.8 Å². The molecule has 0 aromatic carbocycles. The van der Waals surface area contributed by atoms with Crippen molar-refractivity contribution in [1.82, 2.24) is 0 Å². The van der Waals surface area contributed by atoms with Crippen LogP contribution >= 0.6 is 0 Å². The SMILES string of the molecule is CCCCOCC1OC(C(C)(C)C)C(OCCCC)C1OCCCC. The van der Waals surface area contributed by atoms with Crippen molar-refractivity contribution in [3.8, 4) is 0 Å². The third-order valence-electron chi connectivity index (χ3n) is 4.70. The monoisotopic (exact) mass is 358 g/mol. The zero-order chi connectivity index (χ0) is 18.7. The summed E-state index contributed by atoms with van der Waals surface area (Å²) in [7, 11) is 0. The normalized spacial score (nSPS) is 27.1. The summed E-state index contributed by atoms with van der Waals surface area (Å²) in [4.78, 5) is 0. The standard InChI is InChI=1S/C21H42O4/c1-7-10-13-22-16-17-18(23-14-11-8-2)19(24-15-12-9-3)20(25-17)21(4,5)6/h17-20H,7-16H2,1-6H3. The zero-order valence-electron chi connectivity index (χ0n) is 17.5. The van der Waals surface area contributed by atoms with Crippen molar-refractivity contribution in [1.29, 1.82) is 0 Å². The average Bonchev–Trinajstić information content (AvgIpc) is 2.90. The third-order valence-corrected chi connectivity index (χ3v) is 4.70. The Morgan fingerprint density at radius 3 is 1.80 bits per heavy atom. The van der Waals surface area contributed by atoms with Crippen LogP contribution in [-0.4, -0.2) is 50.8 Å². The molecule has 0 aromatic heterocycles. The smallest absolute Gasteiger partial charge is 0.115 e. The first-order valence-electron chi connectivity index (χ1n) is 10.4. The van der Waals surface area contributed by atoms with Gasteiger partial charge in [0, 0.05) is 19.8 Å². The van der Waals surface area contributed by atoms with E-state index in [9.17, 15) is 0 Å². The van der Waals surface area contributed by atoms with Gasteiger partial charge in [-0.3, -0.25) is 0 Å². The first-order chi connectivity index (χ1) is 12.0. The summed E-state index contributed by atoms with van der Waals surface area (Å²) in [6, 6.07) is 0. The van der Waals surface area contributed by atoms with Crippen molar-refractivity contribution in [3.05, 3.63) is 0 Å². The molecule has 1 aliphatic rings. The Kier molecular flexibility index (Phi) is 11.2. The molecule has 0 spiro atoms. The van der Waals surface area contributed by atoms with E-state index in [1.54, 1.807) is 0 Å². The molecule has 4 unspecified atom stereocenters. The molecule has 0 radical (unpaired) electrons. The largest absolute Gasteiger partial charge is 0.379 e. The Balaban J connectivity index is 2.77. The molecule has 1 fully saturated rings. The molecule has 150 valence electrons. The van der Waals surface area contributed by atoms with E-state index in [0.29, 0.717) is 6.61 Å². The summed E-state index contributed by atoms with van der Waals surface area (Å²) in [5.74, 6) is 0. The van der Waals surface area contributed by atoms with E-state index in [0.717, 1.165) is 58.3 Å². The van der Waals surface area contributed by atoms with Gasteiger partial charge >= 0.3 is 0 Å². The van der Waals surface area contributed by atoms with Gasteiger partial charge in [0.1, 0.15) is 18.3 Å². The van der Waals surface area contributed by atoms with Crippen LogP contribution in [0.2, 0.25) is 0 Å². The summed E-state index contributed by atoms with van der Waals surface area (Å²) >= 11 is 0. The number of hydrogen-bond acceptors (Lipinski definition) is 4. The lowest BCUT2D eigenvalue weighted by atomic mass is 9.85. The van der Waals surface area contributed by atoms with Gasteiger partial charge in [-0.25, -0.2) is 0 Å². The predicted molar refractivity (Wildman–Crippen MR) is 103 cm³/mol. The van der Waals surface area contributed by atoms with Crippen LogP contribution in [0, 0.1) is 5.41 Å². The van der Waals surface area contributed by atoms with Crippen LogP contribution in [0.15, 0.2) is 0 Å². The summed E-state index contributed by atoms with van der Waals surface area (Å²) in [6.45, 7) is 16.1. The van der Waals surface area contributed by atoms with Gasteiger partial charge in [-0.1, -0.05) is 60.8 Å². The van der Waals surface area contributed by atoms with Gasteiger partial charge in [-0.05, 0) is 24.7 Å². The molecule has 0 saturated carbocycles. The van der Waals surface area contributed by atoms with Crippen molar-refractivity contribution in [3.63, 3.8) is 0 Å². The van der Waals surface area contributed by atoms with E-state index < -0.39 is 0 Å². The highest BCUT2D eigenvalue weighted by molar-refractivity contribution is 4.98. The number of hydrogen-bond donors (Lipinski definition) is 0. The van der Waals surface area contributed by atoms with Crippen LogP contribution in [0.25, 0.3) is 0 Å². The highest BCUT2D eigenvalue weighted by atomic mass is 16.6. The fourth-order valence-electron chi connectivity index (χ4n) is 3.12. The minimum Gasteiger partial charge on any atom is -0.379 e. The van der Waals surface area contributed by atoms with Crippen LogP contribution in [-0.2, 0) is 18.9 Å². The van der Waals surface area contributed by atoms with Crippen molar-refractivity contribution < 1.29 is 18.9 Å². The first-order valence-corrected chi connectivity index (χ1v) is 10.4. The number of ether oxygens (including phenoxy) is 4. The van der Waals surface area contributed by atoms with Crippen molar-refractivity contribution in [2.45, 2.75) is 104 Å². The predicted octanol–water partition coefficient (Wildman–Crippen LogP) is 4.99. The lowest BCUT2D eigenvalue weighted by Gasteiger charge is -2.32. The molecule has 1 saturated heterocycles. The molecule has 1 rings (SSSR count). The van der Waals surface area contributed by atoms with Crippen molar-refractivity contribution in [2.75, 3.05) is 26.4 Å². The Labute approximate surface area is 155 Å². The molecule has 4 atom stereocenters. The minimum atomic E-state index is -0.0374. The molecule has 25 heavy (non-hydrogen) atoms. The van der Waals surface area contributed by atoms with Crippen LogP contribution in [0.5, 0.6) is 0 Å². The maximum absolute atomic E-state index is 6.42. The molecular weight excluding hydrogens is 316 g/mol. The lowest BCUT2D eigenvalue weighted by Crippen LogP contribution is -2.43. The Morgan fingerprint density at radius 2 is 1.28 bits per heavy atom. The molecule has 1 aliphatic heterocycles. The van der Waals surface area contributed by atoms with Gasteiger partial charge in [0.05, 0.1) is 12.7 Å². The van der Waals surface area contributed by atoms with Crippen molar-refractivity contribution in [2.24, 2.45) is 5.41 Å². The first kappa shape index (κ1) is 22.9. The maximum Gasteiger partial charge on any atom is 0.115 e. The maximum atomic E-state index is 6.42. The van der Waals surface area contributed by atoms with E-state index in [4.69, 9.17) is 18.9 Å². The third kappa shape index (κ3) is 7.94. The van der Waals surface area contributed by atoms with Gasteiger partial charge < -0.3 is 18.9 Å². The van der Waals surface area contributed by atoms with Crippen LogP contribution < -0.4 is 0 Å². The Hall–Kier alpha value is -0.160. The zero-order valence-corrected chi connectivity index (χ0v) is 17.5. The van der Waals surface area contributed by atoms with Gasteiger partial charge in [-0.15, -0.1) is 0 Å². The van der Waals surface area contributed by atoms with Crippen LogP contribution in [0.4, 0.5) is 0 Å². The molecule has 0 N–H and O–H groups in total. The summed E-state index contributed by atoms with van der Waals surface area (Å²) in [5.41, 5.74) is 0.0153. The van der Waals surface area contributed by atoms with Gasteiger partial charge in [0.25, 0.3) is 0 Å². The number of unbranched alkanes of at least 4 members (excludes halogenated alkanes) is 3. The van der Waals surface area contributed by atoms with E-state index in [2.05, 4.69) is 41.5 Å². The summed E-state index contributed by atoms with van der Waals surface area (Å²) in [5, 5.41) is 0. The van der Waals surface area contributed by atoms with E-state index in [1.165, 1.54) is 0 Å². The molecular formula is C21H42O4. The quantitative estimate of drug-likeness (QED) is 0.435. The van der Waals surface area contributed by atoms with Crippen molar-refractivity contribution >= 4 is 0 Å². The van der Waals surface area contributed by atoms with Gasteiger partial charge in [0.2, 0.25) is 0 Å². The molecule has 0 aromatic rings. The van der Waals surface area contributed by atoms with Crippen LogP contribution in [0.1, 0.15) is 80.1 Å². The number of rotatable bonds is 13. The molecule has 4 nitrogen and oxygen atoms in total. The molecule has 0 bridgehead atoms. The van der Waals surface area contributed by atoms with E-state index >= 15 is 0 Å². The summed E-state index contributed by atoms with van der Waals surface area (Å²) < 4.78 is 24.8. The second-order valence-corrected chi connectivity index (χ2v) is 8.27. The highest BCUT2D eigenvalue weighted by Crippen LogP contribution is 2.37. The molecule has 0 amide bonds. The fraction of sp³-hybridized carbons (Fsp3) is 1.00.